The maximum atomic E-state index is 12.9. The van der Waals surface area contributed by atoms with E-state index in [9.17, 15) is 13.2 Å². The molecule has 0 unspecified atom stereocenters. The molecule has 0 aliphatic rings. The fraction of sp³-hybridized carbons (Fsp3) is 0.421. The summed E-state index contributed by atoms with van der Waals surface area (Å²) in [4.78, 5) is 14.1. The molecule has 2 aromatic rings. The van der Waals surface area contributed by atoms with Crippen LogP contribution in [0.25, 0.3) is 0 Å². The molecule has 2 rings (SSSR count). The molecular formula is C19H27N3O4S. The largest absolute Gasteiger partial charge is 0.464 e. The Bertz CT molecular complexity index is 944. The second-order valence-electron chi connectivity index (χ2n) is 6.31. The number of rotatable bonds is 7. The first-order valence-corrected chi connectivity index (χ1v) is 10.3. The molecule has 0 spiro atoms. The number of methoxy groups -OCH3 is 1. The summed E-state index contributed by atoms with van der Waals surface area (Å²) in [6, 6.07) is 6.96. The highest BCUT2D eigenvalue weighted by Gasteiger charge is 2.25. The number of nitrogens with zero attached hydrogens (tertiary/aromatic N) is 2. The number of carbonyl (C=O) groups excluding carboxylic acids is 1. The van der Waals surface area contributed by atoms with Crippen LogP contribution in [0, 0.1) is 13.8 Å². The Morgan fingerprint density at radius 2 is 1.81 bits per heavy atom. The van der Waals surface area contributed by atoms with Crippen LogP contribution in [-0.4, -0.2) is 39.2 Å². The van der Waals surface area contributed by atoms with Crippen molar-refractivity contribution in [2.75, 3.05) is 29.8 Å². The van der Waals surface area contributed by atoms with Gasteiger partial charge in [0.25, 0.3) is 10.0 Å². The summed E-state index contributed by atoms with van der Waals surface area (Å²) in [5.41, 5.74) is 3.02. The van der Waals surface area contributed by atoms with Crippen LogP contribution >= 0.6 is 0 Å². The van der Waals surface area contributed by atoms with Gasteiger partial charge < -0.3 is 14.2 Å². The minimum Gasteiger partial charge on any atom is -0.464 e. The Morgan fingerprint density at radius 3 is 2.33 bits per heavy atom. The molecule has 0 bridgehead atoms. The fourth-order valence-electron chi connectivity index (χ4n) is 2.99. The number of anilines is 2. The van der Waals surface area contributed by atoms with E-state index >= 15 is 0 Å². The zero-order chi connectivity index (χ0) is 20.4. The zero-order valence-corrected chi connectivity index (χ0v) is 17.5. The number of aromatic nitrogens is 1. The Labute approximate surface area is 161 Å². The number of carbonyl (C=O) groups is 1. The van der Waals surface area contributed by atoms with Gasteiger partial charge in [0.15, 0.2) is 0 Å². The van der Waals surface area contributed by atoms with Gasteiger partial charge in [-0.2, -0.15) is 0 Å². The molecule has 8 heteroatoms. The van der Waals surface area contributed by atoms with Crippen LogP contribution in [0.15, 0.2) is 29.2 Å². The molecule has 0 aliphatic carbocycles. The normalized spacial score (nSPS) is 11.3. The van der Waals surface area contributed by atoms with E-state index in [1.165, 1.54) is 17.7 Å². The number of ether oxygens (including phenoxy) is 1. The molecular weight excluding hydrogens is 366 g/mol. The lowest BCUT2D eigenvalue weighted by Crippen LogP contribution is -2.22. The van der Waals surface area contributed by atoms with Gasteiger partial charge in [0, 0.05) is 31.5 Å². The van der Waals surface area contributed by atoms with E-state index in [2.05, 4.69) is 23.5 Å². The van der Waals surface area contributed by atoms with Crippen molar-refractivity contribution in [2.24, 2.45) is 7.05 Å². The van der Waals surface area contributed by atoms with Gasteiger partial charge in [0.1, 0.15) is 10.6 Å². The Balaban J connectivity index is 2.39. The number of nitrogens with one attached hydrogen (secondary N) is 1. The number of hydrogen-bond donors (Lipinski definition) is 1. The summed E-state index contributed by atoms with van der Waals surface area (Å²) >= 11 is 0. The van der Waals surface area contributed by atoms with E-state index in [1.807, 2.05) is 19.1 Å². The molecule has 0 radical (unpaired) electrons. The molecule has 1 heterocycles. The number of esters is 1. The molecule has 27 heavy (non-hydrogen) atoms. The standard InChI is InChI=1S/C19H27N3O4S/c1-7-22(8-2)15-9-10-16(13(3)11-15)20-27(24,25)18-12-17(19(23)26-6)21(5)14(18)4/h9-12,20H,7-8H2,1-6H3. The molecule has 1 aromatic carbocycles. The highest BCUT2D eigenvalue weighted by molar-refractivity contribution is 7.92. The van der Waals surface area contributed by atoms with Gasteiger partial charge in [-0.1, -0.05) is 0 Å². The lowest BCUT2D eigenvalue weighted by molar-refractivity contribution is 0.0589. The van der Waals surface area contributed by atoms with Crippen molar-refractivity contribution in [3.05, 3.63) is 41.2 Å². The van der Waals surface area contributed by atoms with Gasteiger partial charge >= 0.3 is 5.97 Å². The van der Waals surface area contributed by atoms with Crippen molar-refractivity contribution in [3.8, 4) is 0 Å². The van der Waals surface area contributed by atoms with Crippen molar-refractivity contribution >= 4 is 27.4 Å². The minimum atomic E-state index is -3.85. The predicted octanol–water partition coefficient (Wildman–Crippen LogP) is 3.08. The Kier molecular flexibility index (Phi) is 6.20. The molecule has 7 nitrogen and oxygen atoms in total. The lowest BCUT2D eigenvalue weighted by atomic mass is 10.1. The number of benzene rings is 1. The molecule has 1 aromatic heterocycles. The Hall–Kier alpha value is -2.48. The minimum absolute atomic E-state index is 0.0534. The zero-order valence-electron chi connectivity index (χ0n) is 16.7. The predicted molar refractivity (Wildman–Crippen MR) is 107 cm³/mol. The van der Waals surface area contributed by atoms with Gasteiger partial charge in [-0.25, -0.2) is 13.2 Å². The summed E-state index contributed by atoms with van der Waals surface area (Å²) < 4.78 is 34.6. The summed E-state index contributed by atoms with van der Waals surface area (Å²) in [5, 5.41) is 0. The van der Waals surface area contributed by atoms with Crippen LogP contribution in [0.2, 0.25) is 0 Å². The maximum absolute atomic E-state index is 12.9. The van der Waals surface area contributed by atoms with Gasteiger partial charge in [0.2, 0.25) is 0 Å². The van der Waals surface area contributed by atoms with Crippen LogP contribution < -0.4 is 9.62 Å². The SMILES string of the molecule is CCN(CC)c1ccc(NS(=O)(=O)c2cc(C(=O)OC)n(C)c2C)c(C)c1. The van der Waals surface area contributed by atoms with E-state index in [0.29, 0.717) is 11.4 Å². The van der Waals surface area contributed by atoms with E-state index in [1.54, 1.807) is 20.0 Å². The first-order chi connectivity index (χ1) is 12.7. The molecule has 0 atom stereocenters. The van der Waals surface area contributed by atoms with Gasteiger partial charge in [-0.05, 0) is 57.5 Å². The van der Waals surface area contributed by atoms with E-state index < -0.39 is 16.0 Å². The van der Waals surface area contributed by atoms with E-state index in [0.717, 1.165) is 24.3 Å². The van der Waals surface area contributed by atoms with Crippen molar-refractivity contribution in [1.29, 1.82) is 0 Å². The molecule has 0 saturated carbocycles. The van der Waals surface area contributed by atoms with E-state index in [-0.39, 0.29) is 10.6 Å². The maximum Gasteiger partial charge on any atom is 0.354 e. The summed E-state index contributed by atoms with van der Waals surface area (Å²) in [6.45, 7) is 9.42. The third-order valence-electron chi connectivity index (χ3n) is 4.76. The topological polar surface area (TPSA) is 80.6 Å². The first kappa shape index (κ1) is 20.8. The highest BCUT2D eigenvalue weighted by atomic mass is 32.2. The molecule has 0 aliphatic heterocycles. The van der Waals surface area contributed by atoms with Crippen molar-refractivity contribution < 1.29 is 17.9 Å². The summed E-state index contributed by atoms with van der Waals surface area (Å²) in [5.74, 6) is -0.582. The van der Waals surface area contributed by atoms with E-state index in [4.69, 9.17) is 4.74 Å². The highest BCUT2D eigenvalue weighted by Crippen LogP contribution is 2.27. The third kappa shape index (κ3) is 4.10. The molecule has 148 valence electrons. The molecule has 0 amide bonds. The van der Waals surface area contributed by atoms with Gasteiger partial charge in [-0.15, -0.1) is 0 Å². The second kappa shape index (κ2) is 8.04. The lowest BCUT2D eigenvalue weighted by Gasteiger charge is -2.22. The first-order valence-electron chi connectivity index (χ1n) is 8.79. The average Bonchev–Trinajstić information content (AvgIpc) is 2.93. The molecule has 0 saturated heterocycles. The summed E-state index contributed by atoms with van der Waals surface area (Å²) in [6.07, 6.45) is 0. The monoisotopic (exact) mass is 393 g/mol. The number of aryl methyl sites for hydroxylation is 1. The van der Waals surface area contributed by atoms with Crippen LogP contribution in [0.4, 0.5) is 11.4 Å². The molecule has 1 N–H and O–H groups in total. The quantitative estimate of drug-likeness (QED) is 0.731. The smallest absolute Gasteiger partial charge is 0.354 e. The van der Waals surface area contributed by atoms with Crippen LogP contribution in [0.1, 0.15) is 35.6 Å². The van der Waals surface area contributed by atoms with Crippen LogP contribution in [0.5, 0.6) is 0 Å². The van der Waals surface area contributed by atoms with Crippen LogP contribution in [-0.2, 0) is 21.8 Å². The van der Waals surface area contributed by atoms with Gasteiger partial charge in [-0.3, -0.25) is 4.72 Å². The molecule has 0 fully saturated rings. The van der Waals surface area contributed by atoms with Crippen molar-refractivity contribution in [3.63, 3.8) is 0 Å². The van der Waals surface area contributed by atoms with Crippen LogP contribution in [0.3, 0.4) is 0 Å². The van der Waals surface area contributed by atoms with Gasteiger partial charge in [0.05, 0.1) is 12.8 Å². The summed E-state index contributed by atoms with van der Waals surface area (Å²) in [7, 11) is -0.955. The average molecular weight is 394 g/mol. The third-order valence-corrected chi connectivity index (χ3v) is 6.24. The fourth-order valence-corrected chi connectivity index (χ4v) is 4.41. The number of sulfonamides is 1. The second-order valence-corrected chi connectivity index (χ2v) is 7.96. The number of hydrogen-bond acceptors (Lipinski definition) is 5. The van der Waals surface area contributed by atoms with Crippen molar-refractivity contribution in [1.82, 2.24) is 4.57 Å². The Morgan fingerprint density at radius 1 is 1.19 bits per heavy atom. The van der Waals surface area contributed by atoms with Crippen molar-refractivity contribution in [2.45, 2.75) is 32.6 Å².